The quantitative estimate of drug-likeness (QED) is 0.0211. The number of rotatable bonds is 55. The molecule has 2 atom stereocenters. The molecule has 0 aliphatic rings. The van der Waals surface area contributed by atoms with Gasteiger partial charge in [-0.2, -0.15) is 0 Å². The van der Waals surface area contributed by atoms with Gasteiger partial charge in [0.25, 0.3) is 6.29 Å². The lowest BCUT2D eigenvalue weighted by Crippen LogP contribution is -2.40. The molecule has 422 valence electrons. The zero-order valence-electron chi connectivity index (χ0n) is 48.0. The predicted molar refractivity (Wildman–Crippen MR) is 309 cm³/mol. The summed E-state index contributed by atoms with van der Waals surface area (Å²) >= 11 is 0. The summed E-state index contributed by atoms with van der Waals surface area (Å²) in [5.41, 5.74) is 0. The van der Waals surface area contributed by atoms with Crippen LogP contribution in [0.15, 0.2) is 72.9 Å². The number of likely N-dealkylation sites (N-methyl/N-ethyl adjacent to an activating group) is 1. The fourth-order valence-electron chi connectivity index (χ4n) is 8.33. The fourth-order valence-corrected chi connectivity index (χ4v) is 8.33. The molecule has 0 amide bonds. The van der Waals surface area contributed by atoms with Gasteiger partial charge in [0.15, 0.2) is 6.10 Å². The van der Waals surface area contributed by atoms with Gasteiger partial charge in [-0.3, -0.25) is 9.59 Å². The van der Waals surface area contributed by atoms with Gasteiger partial charge < -0.3 is 28.5 Å². The van der Waals surface area contributed by atoms with Crippen LogP contribution in [0.25, 0.3) is 0 Å². The molecule has 0 bridgehead atoms. The number of carboxylic acid groups (broad SMARTS) is 1. The standard InChI is InChI=1S/C64H113NO8/c1-6-8-10-12-14-16-18-20-22-24-26-28-29-30-31-32-33-35-37-39-41-43-45-47-49-51-53-55-62(67)73-60(59-72-64(63(68)69)70-57-56-65(3,4)5)58-71-61(66)54-52-50-48-46-44-42-40-38-36-34-27-25-23-21-19-17-15-13-11-9-7-2/h8,10,14,16,19-22,25-28,60,64H,6-7,9,11-13,15,17-18,23-24,29-59H2,1-5H3/p+1/b10-8-,16-14-,21-19-,22-20-,27-25-,28-26-. The van der Waals surface area contributed by atoms with Crippen molar-refractivity contribution in [1.29, 1.82) is 0 Å². The molecule has 2 unspecified atom stereocenters. The van der Waals surface area contributed by atoms with E-state index in [4.69, 9.17) is 18.9 Å². The first-order valence-electron chi connectivity index (χ1n) is 30.1. The Morgan fingerprint density at radius 3 is 1.16 bits per heavy atom. The minimum Gasteiger partial charge on any atom is -0.477 e. The third-order valence-corrected chi connectivity index (χ3v) is 12.9. The SMILES string of the molecule is CC/C=C\C/C=C\C/C=C\C/C=C\CCCCCCCCCCCCCCCCC(=O)OC(COC(=O)CCCCCCCCCCC/C=C\C/C=C\CCCCCCC)COC(OCC[N+](C)(C)C)C(=O)O. The third-order valence-electron chi connectivity index (χ3n) is 12.9. The summed E-state index contributed by atoms with van der Waals surface area (Å²) in [6.45, 7) is 4.77. The number of carboxylic acids is 1. The number of ether oxygens (including phenoxy) is 4. The van der Waals surface area contributed by atoms with Gasteiger partial charge in [0.2, 0.25) is 0 Å². The Labute approximate surface area is 449 Å². The van der Waals surface area contributed by atoms with E-state index >= 15 is 0 Å². The molecule has 0 aliphatic carbocycles. The number of carbonyl (C=O) groups excluding carboxylic acids is 2. The molecule has 73 heavy (non-hydrogen) atoms. The van der Waals surface area contributed by atoms with Crippen LogP contribution in [0.2, 0.25) is 0 Å². The van der Waals surface area contributed by atoms with Gasteiger partial charge in [0.1, 0.15) is 13.2 Å². The van der Waals surface area contributed by atoms with Gasteiger partial charge in [-0.05, 0) is 83.5 Å². The Bertz CT molecular complexity index is 1420. The molecule has 0 saturated heterocycles. The van der Waals surface area contributed by atoms with Crippen LogP contribution >= 0.6 is 0 Å². The topological polar surface area (TPSA) is 108 Å². The van der Waals surface area contributed by atoms with E-state index in [9.17, 15) is 19.5 Å². The lowest BCUT2D eigenvalue weighted by atomic mass is 10.0. The van der Waals surface area contributed by atoms with E-state index in [-0.39, 0.29) is 32.2 Å². The monoisotopic (exact) mass is 1020 g/mol. The second kappa shape index (κ2) is 55.0. The highest BCUT2D eigenvalue weighted by Crippen LogP contribution is 2.16. The number of hydrogen-bond acceptors (Lipinski definition) is 7. The molecule has 0 aromatic carbocycles. The molecule has 9 heteroatoms. The highest BCUT2D eigenvalue weighted by molar-refractivity contribution is 5.71. The maximum absolute atomic E-state index is 12.9. The van der Waals surface area contributed by atoms with Gasteiger partial charge in [-0.15, -0.1) is 0 Å². The van der Waals surface area contributed by atoms with Crippen molar-refractivity contribution in [3.8, 4) is 0 Å². The summed E-state index contributed by atoms with van der Waals surface area (Å²) in [7, 11) is 5.97. The highest BCUT2D eigenvalue weighted by atomic mass is 16.7. The second-order valence-electron chi connectivity index (χ2n) is 21.3. The molecule has 0 rings (SSSR count). The van der Waals surface area contributed by atoms with E-state index in [1.165, 1.54) is 161 Å². The van der Waals surface area contributed by atoms with Crippen molar-refractivity contribution in [3.05, 3.63) is 72.9 Å². The van der Waals surface area contributed by atoms with E-state index in [0.717, 1.165) is 70.6 Å². The van der Waals surface area contributed by atoms with Crippen molar-refractivity contribution in [2.24, 2.45) is 0 Å². The Morgan fingerprint density at radius 2 is 0.781 bits per heavy atom. The lowest BCUT2D eigenvalue weighted by molar-refractivity contribution is -0.870. The number of unbranched alkanes of at least 4 members (excludes halogenated alkanes) is 28. The van der Waals surface area contributed by atoms with Crippen molar-refractivity contribution >= 4 is 17.9 Å². The first-order valence-corrected chi connectivity index (χ1v) is 30.1. The third kappa shape index (κ3) is 56.3. The molecule has 1 N–H and O–H groups in total. The molecule has 0 spiro atoms. The van der Waals surface area contributed by atoms with Gasteiger partial charge in [0, 0.05) is 12.8 Å². The number of aliphatic carboxylic acids is 1. The average molecular weight is 1030 g/mol. The summed E-state index contributed by atoms with van der Waals surface area (Å²) in [6.07, 6.45) is 68.3. The Balaban J connectivity index is 4.22. The van der Waals surface area contributed by atoms with E-state index in [1.807, 2.05) is 21.1 Å². The normalized spacial score (nSPS) is 13.3. The van der Waals surface area contributed by atoms with Gasteiger partial charge >= 0.3 is 17.9 Å². The van der Waals surface area contributed by atoms with Gasteiger partial charge in [-0.25, -0.2) is 4.79 Å². The van der Waals surface area contributed by atoms with Crippen LogP contribution in [0, 0.1) is 0 Å². The smallest absolute Gasteiger partial charge is 0.361 e. The zero-order chi connectivity index (χ0) is 53.4. The fraction of sp³-hybridized carbons (Fsp3) is 0.766. The molecule has 0 aliphatic heterocycles. The summed E-state index contributed by atoms with van der Waals surface area (Å²) in [5.74, 6) is -2.01. The Hall–Kier alpha value is -3.27. The highest BCUT2D eigenvalue weighted by Gasteiger charge is 2.25. The first-order chi connectivity index (χ1) is 35.6. The molecular formula is C64H114NO8+. The van der Waals surface area contributed by atoms with Crippen LogP contribution in [0.3, 0.4) is 0 Å². The summed E-state index contributed by atoms with van der Waals surface area (Å²) in [5, 5.41) is 9.71. The summed E-state index contributed by atoms with van der Waals surface area (Å²) < 4.78 is 22.9. The van der Waals surface area contributed by atoms with Gasteiger partial charge in [0.05, 0.1) is 34.4 Å². The predicted octanol–water partition coefficient (Wildman–Crippen LogP) is 17.8. The molecule has 0 aromatic rings. The second-order valence-corrected chi connectivity index (χ2v) is 21.3. The average Bonchev–Trinajstić information content (AvgIpc) is 3.36. The maximum Gasteiger partial charge on any atom is 0.361 e. The minimum atomic E-state index is -1.51. The van der Waals surface area contributed by atoms with Crippen LogP contribution in [-0.4, -0.2) is 87.4 Å². The van der Waals surface area contributed by atoms with E-state index < -0.39 is 24.3 Å². The van der Waals surface area contributed by atoms with Crippen LogP contribution in [-0.2, 0) is 33.3 Å². The summed E-state index contributed by atoms with van der Waals surface area (Å²) in [6, 6.07) is 0. The summed E-state index contributed by atoms with van der Waals surface area (Å²) in [4.78, 5) is 37.5. The van der Waals surface area contributed by atoms with Crippen LogP contribution in [0.4, 0.5) is 0 Å². The maximum atomic E-state index is 12.9. The van der Waals surface area contributed by atoms with E-state index in [2.05, 4.69) is 86.8 Å². The number of nitrogens with zero attached hydrogens (tertiary/aromatic N) is 1. The van der Waals surface area contributed by atoms with Crippen LogP contribution < -0.4 is 0 Å². The largest absolute Gasteiger partial charge is 0.477 e. The molecule has 0 saturated carbocycles. The molecule has 0 radical (unpaired) electrons. The van der Waals surface area contributed by atoms with Gasteiger partial charge in [-0.1, -0.05) is 234 Å². The number of carbonyl (C=O) groups is 3. The van der Waals surface area contributed by atoms with Crippen LogP contribution in [0.5, 0.6) is 0 Å². The Morgan fingerprint density at radius 1 is 0.425 bits per heavy atom. The van der Waals surface area contributed by atoms with Crippen molar-refractivity contribution < 1.29 is 42.9 Å². The van der Waals surface area contributed by atoms with Crippen molar-refractivity contribution in [3.63, 3.8) is 0 Å². The number of esters is 2. The number of quaternary nitrogens is 1. The van der Waals surface area contributed by atoms with Crippen molar-refractivity contribution in [2.45, 2.75) is 270 Å². The minimum absolute atomic E-state index is 0.185. The Kier molecular flexibility index (Phi) is 52.5. The number of hydrogen-bond donors (Lipinski definition) is 1. The molecule has 9 nitrogen and oxygen atoms in total. The van der Waals surface area contributed by atoms with E-state index in [1.54, 1.807) is 0 Å². The molecule has 0 heterocycles. The van der Waals surface area contributed by atoms with Crippen molar-refractivity contribution in [1.82, 2.24) is 0 Å². The van der Waals surface area contributed by atoms with Crippen molar-refractivity contribution in [2.75, 3.05) is 47.5 Å². The molecule has 0 fully saturated rings. The first kappa shape index (κ1) is 69.7. The van der Waals surface area contributed by atoms with E-state index in [0.29, 0.717) is 17.4 Å². The zero-order valence-corrected chi connectivity index (χ0v) is 48.0. The lowest BCUT2D eigenvalue weighted by Gasteiger charge is -2.25. The molecule has 0 aromatic heterocycles. The molecular weight excluding hydrogens is 911 g/mol. The van der Waals surface area contributed by atoms with Crippen LogP contribution in [0.1, 0.15) is 258 Å². The number of allylic oxidation sites excluding steroid dienone is 12.